The van der Waals surface area contributed by atoms with Crippen LogP contribution in [0.15, 0.2) is 46.7 Å². The third-order valence-corrected chi connectivity index (χ3v) is 10.3. The standard InChI is InChI=1S/C35H36N2O13/c1-44-22-4-3-18-20-14-46-24-9-23-17(5-7-35(43)33(42)29(41)25(49-34(35)48-23)15-47-27(40)10-26(38)39)19(12-37-11-16-6-8-36-21(16)13-37)28(24)30(20)50-31(18)32(22)45-2/h3-4,6,8-9,13,20,25,29-30,33-34,41-43H,5,7,10-12,14-15H2,1-2H3,(H,38,39). The summed E-state index contributed by atoms with van der Waals surface area (Å²) in [5, 5.41) is 42.9. The molecule has 0 spiro atoms. The van der Waals surface area contributed by atoms with Crippen LogP contribution in [0.5, 0.6) is 28.7 Å². The SMILES string of the molecule is COc1ccc2c(c1OC)OC1c3c(cc4c(c3CN3C=C5N=CC=C5C3)CCC3(O)C(O4)OC(COC(=O)CC(=O)O)C(O)C3O)OCC21. The molecule has 15 nitrogen and oxygen atoms in total. The second kappa shape index (κ2) is 12.2. The number of rotatable bonds is 8. The van der Waals surface area contributed by atoms with E-state index < -0.39 is 61.3 Å². The van der Waals surface area contributed by atoms with Crippen molar-refractivity contribution >= 4 is 18.2 Å². The maximum Gasteiger partial charge on any atom is 0.317 e. The zero-order chi connectivity index (χ0) is 34.9. The van der Waals surface area contributed by atoms with E-state index in [0.29, 0.717) is 48.4 Å². The highest BCUT2D eigenvalue weighted by atomic mass is 16.7. The van der Waals surface area contributed by atoms with E-state index in [-0.39, 0.29) is 18.8 Å². The van der Waals surface area contributed by atoms with Gasteiger partial charge in [0.25, 0.3) is 0 Å². The molecule has 0 bridgehead atoms. The van der Waals surface area contributed by atoms with Crippen LogP contribution >= 0.6 is 0 Å². The minimum Gasteiger partial charge on any atom is -0.493 e. The molecule has 6 aliphatic heterocycles. The average Bonchev–Trinajstić information content (AvgIpc) is 3.77. The van der Waals surface area contributed by atoms with E-state index in [0.717, 1.165) is 33.5 Å². The van der Waals surface area contributed by atoms with Gasteiger partial charge < -0.3 is 58.5 Å². The molecule has 0 amide bonds. The molecule has 0 aliphatic carbocycles. The highest BCUT2D eigenvalue weighted by Gasteiger charge is 2.58. The van der Waals surface area contributed by atoms with Crippen LogP contribution in [0, 0.1) is 0 Å². The number of carbonyl (C=O) groups excluding carboxylic acids is 1. The third kappa shape index (κ3) is 5.14. The van der Waals surface area contributed by atoms with Crippen molar-refractivity contribution in [1.82, 2.24) is 4.90 Å². The topological polar surface area (TPSA) is 195 Å². The maximum atomic E-state index is 11.9. The monoisotopic (exact) mass is 692 g/mol. The number of fused-ring (bicyclic) bond motifs is 8. The molecular formula is C35H36N2O13. The normalized spacial score (nSPS) is 29.7. The molecule has 7 atom stereocenters. The fourth-order valence-electron chi connectivity index (χ4n) is 7.74. The molecule has 2 aromatic carbocycles. The van der Waals surface area contributed by atoms with Gasteiger partial charge in [-0.05, 0) is 30.5 Å². The number of hydrogen-bond donors (Lipinski definition) is 4. The number of aliphatic imine (C=N–C) groups is 1. The van der Waals surface area contributed by atoms with Crippen molar-refractivity contribution < 1.29 is 63.2 Å². The largest absolute Gasteiger partial charge is 0.493 e. The number of hydrogen-bond acceptors (Lipinski definition) is 14. The molecule has 264 valence electrons. The first-order valence-electron chi connectivity index (χ1n) is 16.3. The van der Waals surface area contributed by atoms with Gasteiger partial charge >= 0.3 is 11.9 Å². The Hall–Kier alpha value is -4.83. The average molecular weight is 693 g/mol. The Balaban J connectivity index is 1.17. The number of aliphatic hydroxyl groups is 3. The van der Waals surface area contributed by atoms with Gasteiger partial charge in [-0.1, -0.05) is 6.07 Å². The van der Waals surface area contributed by atoms with Crippen LogP contribution in [0.1, 0.15) is 47.1 Å². The number of esters is 1. The van der Waals surface area contributed by atoms with Crippen molar-refractivity contribution in [2.45, 2.75) is 68.0 Å². The number of ether oxygens (including phenoxy) is 7. The van der Waals surface area contributed by atoms with E-state index >= 15 is 0 Å². The molecule has 0 saturated carbocycles. The predicted molar refractivity (Wildman–Crippen MR) is 170 cm³/mol. The molecule has 7 unspecified atom stereocenters. The van der Waals surface area contributed by atoms with E-state index in [1.54, 1.807) is 26.5 Å². The molecule has 1 saturated heterocycles. The molecule has 2 aromatic rings. The summed E-state index contributed by atoms with van der Waals surface area (Å²) >= 11 is 0. The van der Waals surface area contributed by atoms with Gasteiger partial charge in [-0.3, -0.25) is 14.6 Å². The van der Waals surface area contributed by atoms with Crippen LogP contribution in [0.3, 0.4) is 0 Å². The van der Waals surface area contributed by atoms with Crippen molar-refractivity contribution in [3.8, 4) is 28.7 Å². The molecular weight excluding hydrogens is 656 g/mol. The van der Waals surface area contributed by atoms with E-state index in [2.05, 4.69) is 9.89 Å². The molecule has 8 rings (SSSR count). The first-order valence-corrected chi connectivity index (χ1v) is 16.3. The van der Waals surface area contributed by atoms with Crippen molar-refractivity contribution in [2.75, 3.05) is 34.0 Å². The molecule has 15 heteroatoms. The summed E-state index contributed by atoms with van der Waals surface area (Å²) in [6.45, 7) is 0.767. The zero-order valence-corrected chi connectivity index (χ0v) is 27.2. The lowest BCUT2D eigenvalue weighted by atomic mass is 9.81. The Labute approximate surface area is 285 Å². The molecule has 0 radical (unpaired) electrons. The second-order valence-corrected chi connectivity index (χ2v) is 13.1. The lowest BCUT2D eigenvalue weighted by Gasteiger charge is -2.46. The van der Waals surface area contributed by atoms with Crippen LogP contribution < -0.4 is 23.7 Å². The number of carbonyl (C=O) groups is 2. The summed E-state index contributed by atoms with van der Waals surface area (Å²) < 4.78 is 41.7. The van der Waals surface area contributed by atoms with Gasteiger partial charge in [0.15, 0.2) is 17.1 Å². The first-order chi connectivity index (χ1) is 24.1. The van der Waals surface area contributed by atoms with Crippen molar-refractivity contribution in [2.24, 2.45) is 4.99 Å². The maximum absolute atomic E-state index is 11.9. The van der Waals surface area contributed by atoms with Crippen molar-refractivity contribution in [3.05, 3.63) is 64.0 Å². The van der Waals surface area contributed by atoms with Crippen LogP contribution in [-0.2, 0) is 32.0 Å². The van der Waals surface area contributed by atoms with Crippen LogP contribution in [0.25, 0.3) is 0 Å². The van der Waals surface area contributed by atoms with E-state index in [1.807, 2.05) is 24.4 Å². The number of carboxylic acid groups (broad SMARTS) is 1. The van der Waals surface area contributed by atoms with Gasteiger partial charge in [0.1, 0.15) is 48.9 Å². The highest BCUT2D eigenvalue weighted by molar-refractivity contribution is 5.90. The highest BCUT2D eigenvalue weighted by Crippen LogP contribution is 2.58. The lowest BCUT2D eigenvalue weighted by Crippen LogP contribution is -2.67. The van der Waals surface area contributed by atoms with Gasteiger partial charge in [-0.15, -0.1) is 0 Å². The number of carboxylic acids is 1. The first kappa shape index (κ1) is 32.4. The van der Waals surface area contributed by atoms with Gasteiger partial charge in [0.05, 0.1) is 32.4 Å². The lowest BCUT2D eigenvalue weighted by molar-refractivity contribution is -0.320. The number of nitrogens with zero attached hydrogens (tertiary/aromatic N) is 2. The van der Waals surface area contributed by atoms with Crippen LogP contribution in [-0.4, -0.2) is 108 Å². The molecule has 4 N–H and O–H groups in total. The summed E-state index contributed by atoms with van der Waals surface area (Å²) in [7, 11) is 3.13. The molecule has 0 aromatic heterocycles. The summed E-state index contributed by atoms with van der Waals surface area (Å²) in [6.07, 6.45) is -1.65. The van der Waals surface area contributed by atoms with E-state index in [4.69, 9.17) is 38.3 Å². The van der Waals surface area contributed by atoms with E-state index in [1.165, 1.54) is 0 Å². The zero-order valence-electron chi connectivity index (χ0n) is 27.2. The fourth-order valence-corrected chi connectivity index (χ4v) is 7.74. The quantitative estimate of drug-likeness (QED) is 0.230. The van der Waals surface area contributed by atoms with Gasteiger partial charge in [0.2, 0.25) is 12.0 Å². The van der Waals surface area contributed by atoms with Crippen molar-refractivity contribution in [1.29, 1.82) is 0 Å². The minimum absolute atomic E-state index is 0.0577. The molecule has 6 aliphatic rings. The van der Waals surface area contributed by atoms with Crippen LogP contribution in [0.4, 0.5) is 0 Å². The number of allylic oxidation sites excluding steroid dienone is 1. The second-order valence-electron chi connectivity index (χ2n) is 13.1. The van der Waals surface area contributed by atoms with Gasteiger partial charge in [0, 0.05) is 53.8 Å². The summed E-state index contributed by atoms with van der Waals surface area (Å²) in [6, 6.07) is 5.53. The van der Waals surface area contributed by atoms with Gasteiger partial charge in [-0.2, -0.15) is 0 Å². The van der Waals surface area contributed by atoms with Crippen molar-refractivity contribution in [3.63, 3.8) is 0 Å². The third-order valence-electron chi connectivity index (χ3n) is 10.3. The predicted octanol–water partition coefficient (Wildman–Crippen LogP) is 1.50. The number of methoxy groups -OCH3 is 2. The smallest absolute Gasteiger partial charge is 0.317 e. The van der Waals surface area contributed by atoms with Crippen LogP contribution in [0.2, 0.25) is 0 Å². The fraction of sp³-hybridized carbons (Fsp3) is 0.457. The summed E-state index contributed by atoms with van der Waals surface area (Å²) in [5.74, 6) is -0.119. The summed E-state index contributed by atoms with van der Waals surface area (Å²) in [5.41, 5.74) is 3.25. The Kier molecular flexibility index (Phi) is 7.90. The minimum atomic E-state index is -2.06. The number of aliphatic hydroxyl groups excluding tert-OH is 2. The Bertz CT molecular complexity index is 1860. The molecule has 1 fully saturated rings. The Morgan fingerprint density at radius 1 is 1.14 bits per heavy atom. The number of benzene rings is 2. The Morgan fingerprint density at radius 2 is 1.98 bits per heavy atom. The summed E-state index contributed by atoms with van der Waals surface area (Å²) in [4.78, 5) is 29.4. The molecule has 6 heterocycles. The Morgan fingerprint density at radius 3 is 2.74 bits per heavy atom. The molecule has 50 heavy (non-hydrogen) atoms. The van der Waals surface area contributed by atoms with E-state index in [9.17, 15) is 24.9 Å². The number of aliphatic carboxylic acids is 1. The van der Waals surface area contributed by atoms with Gasteiger partial charge in [-0.25, -0.2) is 0 Å².